The summed E-state index contributed by atoms with van der Waals surface area (Å²) in [6.07, 6.45) is 0.891. The number of ether oxygens (including phenoxy) is 1. The van der Waals surface area contributed by atoms with Crippen LogP contribution in [0.4, 0.5) is 10.5 Å². The second kappa shape index (κ2) is 5.37. The quantitative estimate of drug-likeness (QED) is 0.896. The van der Waals surface area contributed by atoms with Gasteiger partial charge >= 0.3 is 12.0 Å². The minimum Gasteiger partial charge on any atom is -0.481 e. The third-order valence-electron chi connectivity index (χ3n) is 4.25. The van der Waals surface area contributed by atoms with E-state index < -0.39 is 11.9 Å². The third kappa shape index (κ3) is 2.35. The molecule has 112 valence electrons. The lowest BCUT2D eigenvalue weighted by Crippen LogP contribution is -2.42. The summed E-state index contributed by atoms with van der Waals surface area (Å²) in [5, 5.41) is 9.33. The smallest absolute Gasteiger partial charge is 0.324 e. The van der Waals surface area contributed by atoms with Crippen molar-refractivity contribution in [2.75, 3.05) is 31.6 Å². The number of urea groups is 1. The van der Waals surface area contributed by atoms with Crippen molar-refractivity contribution < 1.29 is 19.4 Å². The summed E-state index contributed by atoms with van der Waals surface area (Å²) in [6, 6.07) is 7.08. The van der Waals surface area contributed by atoms with Gasteiger partial charge in [0.1, 0.15) is 5.92 Å². The first-order valence-electron chi connectivity index (χ1n) is 7.02. The van der Waals surface area contributed by atoms with Gasteiger partial charge in [-0.1, -0.05) is 18.2 Å². The second-order valence-corrected chi connectivity index (χ2v) is 5.44. The summed E-state index contributed by atoms with van der Waals surface area (Å²) in [7, 11) is 1.64. The van der Waals surface area contributed by atoms with Crippen molar-refractivity contribution >= 4 is 17.7 Å². The molecule has 0 bridgehead atoms. The molecule has 0 aromatic heterocycles. The van der Waals surface area contributed by atoms with Gasteiger partial charge in [-0.2, -0.15) is 0 Å². The van der Waals surface area contributed by atoms with Crippen LogP contribution in [0, 0.1) is 0 Å². The molecule has 1 N–H and O–H groups in total. The summed E-state index contributed by atoms with van der Waals surface area (Å²) < 4.78 is 5.28. The monoisotopic (exact) mass is 290 g/mol. The van der Waals surface area contributed by atoms with Gasteiger partial charge in [0, 0.05) is 32.4 Å². The Balaban J connectivity index is 1.84. The van der Waals surface area contributed by atoms with Crippen LogP contribution >= 0.6 is 0 Å². The number of amides is 2. The van der Waals surface area contributed by atoms with E-state index in [1.165, 1.54) is 0 Å². The maximum Gasteiger partial charge on any atom is 0.324 e. The summed E-state index contributed by atoms with van der Waals surface area (Å²) in [6.45, 7) is 1.40. The van der Waals surface area contributed by atoms with Gasteiger partial charge in [0.15, 0.2) is 0 Å². The van der Waals surface area contributed by atoms with Gasteiger partial charge in [0.25, 0.3) is 0 Å². The Morgan fingerprint density at radius 2 is 2.05 bits per heavy atom. The number of benzene rings is 1. The van der Waals surface area contributed by atoms with Crippen LogP contribution in [0.2, 0.25) is 0 Å². The Kier molecular flexibility index (Phi) is 3.55. The van der Waals surface area contributed by atoms with Gasteiger partial charge < -0.3 is 14.7 Å². The first kappa shape index (κ1) is 13.9. The fraction of sp³-hybridized carbons (Fsp3) is 0.467. The van der Waals surface area contributed by atoms with Gasteiger partial charge in [0.2, 0.25) is 0 Å². The normalized spacial score (nSPS) is 24.2. The van der Waals surface area contributed by atoms with Crippen molar-refractivity contribution in [2.45, 2.75) is 18.4 Å². The number of rotatable bonds is 2. The van der Waals surface area contributed by atoms with Crippen LogP contribution in [0.3, 0.4) is 0 Å². The van der Waals surface area contributed by atoms with E-state index in [4.69, 9.17) is 4.74 Å². The average Bonchev–Trinajstić information content (AvgIpc) is 3.11. The van der Waals surface area contributed by atoms with Crippen molar-refractivity contribution in [3.8, 4) is 0 Å². The molecule has 0 radical (unpaired) electrons. The van der Waals surface area contributed by atoms with E-state index in [0.717, 1.165) is 6.42 Å². The standard InChI is InChI=1S/C15H18N2O4/c1-21-10-6-7-16(8-10)15(20)17-9-12(14(18)19)11-4-2-3-5-13(11)17/h2-5,10,12H,6-9H2,1H3,(H,18,19). The van der Waals surface area contributed by atoms with Crippen molar-refractivity contribution in [1.82, 2.24) is 4.90 Å². The number of carboxylic acid groups (broad SMARTS) is 1. The van der Waals surface area contributed by atoms with Gasteiger partial charge in [-0.05, 0) is 18.1 Å². The topological polar surface area (TPSA) is 70.1 Å². The van der Waals surface area contributed by atoms with Gasteiger partial charge in [-0.15, -0.1) is 0 Å². The zero-order chi connectivity index (χ0) is 15.0. The number of aliphatic carboxylic acids is 1. The first-order chi connectivity index (χ1) is 10.1. The van der Waals surface area contributed by atoms with E-state index in [0.29, 0.717) is 24.3 Å². The minimum absolute atomic E-state index is 0.0714. The van der Waals surface area contributed by atoms with Crippen LogP contribution in [0.25, 0.3) is 0 Å². The molecule has 6 heteroatoms. The fourth-order valence-electron chi connectivity index (χ4n) is 3.06. The first-order valence-corrected chi connectivity index (χ1v) is 7.02. The number of fused-ring (bicyclic) bond motifs is 1. The zero-order valence-electron chi connectivity index (χ0n) is 11.9. The lowest BCUT2D eigenvalue weighted by Gasteiger charge is -2.25. The highest BCUT2D eigenvalue weighted by molar-refractivity contribution is 5.98. The van der Waals surface area contributed by atoms with E-state index in [1.54, 1.807) is 35.1 Å². The molecule has 0 spiro atoms. The molecule has 2 amide bonds. The molecule has 1 fully saturated rings. The van der Waals surface area contributed by atoms with Gasteiger partial charge in [-0.3, -0.25) is 9.69 Å². The summed E-state index contributed by atoms with van der Waals surface area (Å²) in [4.78, 5) is 27.3. The van der Waals surface area contributed by atoms with Crippen LogP contribution < -0.4 is 4.90 Å². The molecular weight excluding hydrogens is 272 g/mol. The Morgan fingerprint density at radius 3 is 2.71 bits per heavy atom. The van der Waals surface area contributed by atoms with E-state index in [9.17, 15) is 14.7 Å². The average molecular weight is 290 g/mol. The molecule has 2 aliphatic heterocycles. The van der Waals surface area contributed by atoms with Crippen molar-refractivity contribution in [1.29, 1.82) is 0 Å². The molecular formula is C15H18N2O4. The molecule has 3 rings (SSSR count). The number of anilines is 1. The van der Waals surface area contributed by atoms with Crippen LogP contribution in [0.1, 0.15) is 17.9 Å². The fourth-order valence-corrected chi connectivity index (χ4v) is 3.06. The lowest BCUT2D eigenvalue weighted by molar-refractivity contribution is -0.138. The maximum atomic E-state index is 12.6. The number of carboxylic acids is 1. The van der Waals surface area contributed by atoms with Crippen molar-refractivity contribution in [3.63, 3.8) is 0 Å². The van der Waals surface area contributed by atoms with Crippen LogP contribution in [-0.2, 0) is 9.53 Å². The number of methoxy groups -OCH3 is 1. The molecule has 1 aromatic carbocycles. The third-order valence-corrected chi connectivity index (χ3v) is 4.25. The Bertz CT molecular complexity index is 575. The summed E-state index contributed by atoms with van der Waals surface area (Å²) in [5.41, 5.74) is 1.41. The molecule has 1 saturated heterocycles. The lowest BCUT2D eigenvalue weighted by atomic mass is 10.0. The number of carbonyl (C=O) groups is 2. The second-order valence-electron chi connectivity index (χ2n) is 5.44. The van der Waals surface area contributed by atoms with E-state index in [1.807, 2.05) is 6.07 Å². The van der Waals surface area contributed by atoms with Crippen LogP contribution in [0.15, 0.2) is 24.3 Å². The van der Waals surface area contributed by atoms with E-state index in [2.05, 4.69) is 0 Å². The number of para-hydroxylation sites is 1. The number of hydrogen-bond acceptors (Lipinski definition) is 3. The van der Waals surface area contributed by atoms with E-state index >= 15 is 0 Å². The SMILES string of the molecule is COC1CCN(C(=O)N2CC(C(=O)O)c3ccccc32)C1. The van der Waals surface area contributed by atoms with Crippen LogP contribution in [0.5, 0.6) is 0 Å². The number of carbonyl (C=O) groups excluding carboxylic acids is 1. The van der Waals surface area contributed by atoms with Crippen LogP contribution in [-0.4, -0.2) is 54.9 Å². The predicted octanol–water partition coefficient (Wildman–Crippen LogP) is 1.52. The predicted molar refractivity (Wildman–Crippen MR) is 76.5 cm³/mol. The Labute approximate surface area is 122 Å². The van der Waals surface area contributed by atoms with Crippen molar-refractivity contribution in [2.24, 2.45) is 0 Å². The maximum absolute atomic E-state index is 12.6. The summed E-state index contributed by atoms with van der Waals surface area (Å²) in [5.74, 6) is -1.54. The molecule has 2 unspecified atom stereocenters. The molecule has 2 atom stereocenters. The highest BCUT2D eigenvalue weighted by atomic mass is 16.5. The highest BCUT2D eigenvalue weighted by Gasteiger charge is 2.39. The minimum atomic E-state index is -0.895. The molecule has 2 aliphatic rings. The zero-order valence-corrected chi connectivity index (χ0v) is 11.9. The number of nitrogens with zero attached hydrogens (tertiary/aromatic N) is 2. The molecule has 1 aromatic rings. The summed E-state index contributed by atoms with van der Waals surface area (Å²) >= 11 is 0. The molecule has 6 nitrogen and oxygen atoms in total. The molecule has 0 aliphatic carbocycles. The van der Waals surface area contributed by atoms with Gasteiger partial charge in [-0.25, -0.2) is 4.79 Å². The largest absolute Gasteiger partial charge is 0.481 e. The highest BCUT2D eigenvalue weighted by Crippen LogP contribution is 2.37. The Hall–Kier alpha value is -2.08. The molecule has 2 heterocycles. The van der Waals surface area contributed by atoms with Gasteiger partial charge in [0.05, 0.1) is 6.10 Å². The van der Waals surface area contributed by atoms with Crippen molar-refractivity contribution in [3.05, 3.63) is 29.8 Å². The number of likely N-dealkylation sites (tertiary alicyclic amines) is 1. The molecule has 0 saturated carbocycles. The molecule has 21 heavy (non-hydrogen) atoms. The van der Waals surface area contributed by atoms with E-state index in [-0.39, 0.29) is 18.7 Å². The number of hydrogen-bond donors (Lipinski definition) is 1. The Morgan fingerprint density at radius 1 is 1.29 bits per heavy atom.